The van der Waals surface area contributed by atoms with E-state index < -0.39 is 0 Å². The van der Waals surface area contributed by atoms with Crippen molar-refractivity contribution in [3.63, 3.8) is 0 Å². The predicted molar refractivity (Wildman–Crippen MR) is 52.1 cm³/mol. The summed E-state index contributed by atoms with van der Waals surface area (Å²) in [5.74, 6) is 0.838. The van der Waals surface area contributed by atoms with Crippen LogP contribution in [0.4, 0.5) is 0 Å². The van der Waals surface area contributed by atoms with Gasteiger partial charge in [0.2, 0.25) is 0 Å². The van der Waals surface area contributed by atoms with Crippen LogP contribution in [-0.4, -0.2) is 29.0 Å². The average Bonchev–Trinajstić information content (AvgIpc) is 2.01. The molecule has 1 aromatic heterocycles. The molecule has 1 rings (SSSR count). The van der Waals surface area contributed by atoms with Crippen LogP contribution in [0.2, 0.25) is 0 Å². The summed E-state index contributed by atoms with van der Waals surface area (Å²) in [4.78, 5) is 10.7. The Hall–Kier alpha value is -1.00. The van der Waals surface area contributed by atoms with E-state index in [0.717, 1.165) is 23.8 Å². The Balaban J connectivity index is 2.88. The van der Waals surface area contributed by atoms with Crippen LogP contribution in [0.3, 0.4) is 0 Å². The van der Waals surface area contributed by atoms with Crippen molar-refractivity contribution in [2.75, 3.05) is 14.1 Å². The van der Waals surface area contributed by atoms with Crippen LogP contribution in [0.5, 0.6) is 0 Å². The fourth-order valence-corrected chi connectivity index (χ4v) is 1.16. The molecule has 0 amide bonds. The second-order valence-electron chi connectivity index (χ2n) is 3.36. The molecule has 0 aliphatic rings. The van der Waals surface area contributed by atoms with Crippen molar-refractivity contribution < 1.29 is 0 Å². The predicted octanol–water partition coefficient (Wildman–Crippen LogP) is 0.305. The van der Waals surface area contributed by atoms with Crippen LogP contribution in [0.25, 0.3) is 0 Å². The van der Waals surface area contributed by atoms with Gasteiger partial charge in [0.05, 0.1) is 12.2 Å². The Kier molecular flexibility index (Phi) is 3.33. The van der Waals surface area contributed by atoms with Crippen LogP contribution < -0.4 is 5.73 Å². The Morgan fingerprint density at radius 2 is 2.08 bits per heavy atom. The van der Waals surface area contributed by atoms with Gasteiger partial charge in [0.25, 0.3) is 0 Å². The molecule has 4 nitrogen and oxygen atoms in total. The number of hydrogen-bond acceptors (Lipinski definition) is 4. The zero-order chi connectivity index (χ0) is 9.84. The zero-order valence-electron chi connectivity index (χ0n) is 8.41. The molecule has 0 unspecified atom stereocenters. The maximum Gasteiger partial charge on any atom is 0.142 e. The number of nitrogens with two attached hydrogens (primary N) is 1. The standard InChI is InChI=1S/C9H16N4/c1-7-4-8(5-10)12-9(11-7)6-13(2)3/h4H,5-6,10H2,1-3H3. The molecule has 0 aliphatic heterocycles. The van der Waals surface area contributed by atoms with Gasteiger partial charge < -0.3 is 10.6 Å². The fraction of sp³-hybridized carbons (Fsp3) is 0.556. The Bertz CT molecular complexity index is 283. The van der Waals surface area contributed by atoms with Crippen LogP contribution in [0.1, 0.15) is 17.2 Å². The van der Waals surface area contributed by atoms with Crippen molar-refractivity contribution in [3.05, 3.63) is 23.3 Å². The van der Waals surface area contributed by atoms with E-state index in [1.54, 1.807) is 0 Å². The smallest absolute Gasteiger partial charge is 0.142 e. The van der Waals surface area contributed by atoms with Gasteiger partial charge in [0.15, 0.2) is 0 Å². The van der Waals surface area contributed by atoms with E-state index in [4.69, 9.17) is 5.73 Å². The molecular formula is C9H16N4. The third-order valence-electron chi connectivity index (χ3n) is 1.62. The van der Waals surface area contributed by atoms with E-state index in [-0.39, 0.29) is 0 Å². The molecule has 0 aromatic carbocycles. The Morgan fingerprint density at radius 1 is 1.38 bits per heavy atom. The molecule has 1 aromatic rings. The van der Waals surface area contributed by atoms with Gasteiger partial charge >= 0.3 is 0 Å². The Labute approximate surface area is 78.8 Å². The van der Waals surface area contributed by atoms with Crippen molar-refractivity contribution in [1.82, 2.24) is 14.9 Å². The maximum absolute atomic E-state index is 5.51. The maximum atomic E-state index is 5.51. The first-order valence-corrected chi connectivity index (χ1v) is 4.30. The third-order valence-corrected chi connectivity index (χ3v) is 1.62. The summed E-state index contributed by atoms with van der Waals surface area (Å²) in [6, 6.07) is 1.92. The van der Waals surface area contributed by atoms with Gasteiger partial charge in [-0.15, -0.1) is 0 Å². The van der Waals surface area contributed by atoms with Gasteiger partial charge in [-0.05, 0) is 27.1 Å². The van der Waals surface area contributed by atoms with Crippen molar-refractivity contribution in [2.24, 2.45) is 5.73 Å². The van der Waals surface area contributed by atoms with Crippen molar-refractivity contribution >= 4 is 0 Å². The highest BCUT2D eigenvalue weighted by Crippen LogP contribution is 2.01. The molecule has 0 radical (unpaired) electrons. The summed E-state index contributed by atoms with van der Waals surface area (Å²) < 4.78 is 0. The first-order valence-electron chi connectivity index (χ1n) is 4.30. The molecular weight excluding hydrogens is 164 g/mol. The molecule has 0 saturated heterocycles. The van der Waals surface area contributed by atoms with Crippen molar-refractivity contribution in [3.8, 4) is 0 Å². The van der Waals surface area contributed by atoms with Crippen LogP contribution in [-0.2, 0) is 13.1 Å². The highest BCUT2D eigenvalue weighted by atomic mass is 15.1. The molecule has 0 fully saturated rings. The molecule has 13 heavy (non-hydrogen) atoms. The largest absolute Gasteiger partial charge is 0.325 e. The van der Waals surface area contributed by atoms with Crippen LogP contribution >= 0.6 is 0 Å². The minimum Gasteiger partial charge on any atom is -0.325 e. The molecule has 4 heteroatoms. The number of aromatic nitrogens is 2. The monoisotopic (exact) mass is 180 g/mol. The second kappa shape index (κ2) is 4.30. The first kappa shape index (κ1) is 10.1. The Morgan fingerprint density at radius 3 is 2.62 bits per heavy atom. The highest BCUT2D eigenvalue weighted by Gasteiger charge is 2.01. The van der Waals surface area contributed by atoms with Crippen LogP contribution in [0, 0.1) is 6.92 Å². The van der Waals surface area contributed by atoms with Gasteiger partial charge in [0, 0.05) is 12.2 Å². The van der Waals surface area contributed by atoms with Gasteiger partial charge in [-0.1, -0.05) is 0 Å². The molecule has 0 atom stereocenters. The van der Waals surface area contributed by atoms with Crippen LogP contribution in [0.15, 0.2) is 6.07 Å². The number of hydrogen-bond donors (Lipinski definition) is 1. The summed E-state index contributed by atoms with van der Waals surface area (Å²) >= 11 is 0. The fourth-order valence-electron chi connectivity index (χ4n) is 1.16. The molecule has 0 aliphatic carbocycles. The minimum absolute atomic E-state index is 0.476. The zero-order valence-corrected chi connectivity index (χ0v) is 8.41. The lowest BCUT2D eigenvalue weighted by molar-refractivity contribution is 0.389. The molecule has 2 N–H and O–H groups in total. The third kappa shape index (κ3) is 3.08. The van der Waals surface area contributed by atoms with Gasteiger partial charge in [-0.2, -0.15) is 0 Å². The van der Waals surface area contributed by atoms with E-state index in [9.17, 15) is 0 Å². The second-order valence-corrected chi connectivity index (χ2v) is 3.36. The van der Waals surface area contributed by atoms with E-state index >= 15 is 0 Å². The SMILES string of the molecule is Cc1cc(CN)nc(CN(C)C)n1. The number of aryl methyl sites for hydroxylation is 1. The molecule has 0 bridgehead atoms. The molecule has 72 valence electrons. The molecule has 0 spiro atoms. The summed E-state index contributed by atoms with van der Waals surface area (Å²) in [5, 5.41) is 0. The van der Waals surface area contributed by atoms with Gasteiger partial charge in [-0.3, -0.25) is 0 Å². The van der Waals surface area contributed by atoms with Crippen molar-refractivity contribution in [1.29, 1.82) is 0 Å². The minimum atomic E-state index is 0.476. The summed E-state index contributed by atoms with van der Waals surface area (Å²) in [7, 11) is 3.99. The highest BCUT2D eigenvalue weighted by molar-refractivity contribution is 5.09. The van der Waals surface area contributed by atoms with Gasteiger partial charge in [-0.25, -0.2) is 9.97 Å². The van der Waals surface area contributed by atoms with E-state index in [1.165, 1.54) is 0 Å². The normalized spacial score (nSPS) is 10.8. The quantitative estimate of drug-likeness (QED) is 0.727. The lowest BCUT2D eigenvalue weighted by Gasteiger charge is -2.09. The molecule has 1 heterocycles. The molecule has 0 saturated carbocycles. The topological polar surface area (TPSA) is 55.0 Å². The van der Waals surface area contributed by atoms with E-state index in [2.05, 4.69) is 9.97 Å². The van der Waals surface area contributed by atoms with E-state index in [0.29, 0.717) is 6.54 Å². The average molecular weight is 180 g/mol. The summed E-state index contributed by atoms with van der Waals surface area (Å²) in [6.07, 6.45) is 0. The number of rotatable bonds is 3. The summed E-state index contributed by atoms with van der Waals surface area (Å²) in [6.45, 7) is 3.19. The van der Waals surface area contributed by atoms with Crippen molar-refractivity contribution in [2.45, 2.75) is 20.0 Å². The lowest BCUT2D eigenvalue weighted by Crippen LogP contribution is -2.15. The first-order chi connectivity index (χ1) is 6.11. The summed E-state index contributed by atoms with van der Waals surface area (Å²) in [5.41, 5.74) is 7.40. The lowest BCUT2D eigenvalue weighted by atomic mass is 10.3. The van der Waals surface area contributed by atoms with E-state index in [1.807, 2.05) is 32.0 Å². The number of nitrogens with zero attached hydrogens (tertiary/aromatic N) is 3. The van der Waals surface area contributed by atoms with Gasteiger partial charge in [0.1, 0.15) is 5.82 Å².